The smallest absolute Gasteiger partial charge is 0.229 e. The Morgan fingerprint density at radius 1 is 0.469 bits per heavy atom. The van der Waals surface area contributed by atoms with Gasteiger partial charge in [0.2, 0.25) is 11.8 Å². The highest BCUT2D eigenvalue weighted by molar-refractivity contribution is 6.14. The molecule has 0 saturated heterocycles. The van der Waals surface area contributed by atoms with Crippen LogP contribution in [-0.2, 0) is 9.59 Å². The first-order chi connectivity index (χ1) is 29.8. The maximum absolute atomic E-state index is 14.2. The molecule has 0 saturated carbocycles. The van der Waals surface area contributed by atoms with Crippen LogP contribution in [0.1, 0.15) is 73.4 Å². The first kappa shape index (κ1) is 50.9. The molecule has 10 nitrogen and oxygen atoms in total. The number of aromatic nitrogens is 2. The summed E-state index contributed by atoms with van der Waals surface area (Å²) >= 11 is 0. The molecule has 6 aromatic rings. The predicted octanol–water partition coefficient (Wildman–Crippen LogP) is 10.2. The number of amides is 2. The Balaban J connectivity index is 0.000000237. The number of pyridine rings is 2. The van der Waals surface area contributed by atoms with Crippen molar-refractivity contribution in [3.63, 3.8) is 0 Å². The average molecular weight is 895 g/mol. The number of anilines is 4. The topological polar surface area (TPSA) is 170 Å². The lowest BCUT2D eigenvalue weighted by molar-refractivity contribution is -0.123. The van der Waals surface area contributed by atoms with E-state index in [9.17, 15) is 54.3 Å². The van der Waals surface area contributed by atoms with E-state index in [1.807, 2.05) is 0 Å². The second-order valence-electron chi connectivity index (χ2n) is 15.5. The minimum Gasteiger partial charge on any atom is -0.399 e. The van der Waals surface area contributed by atoms with Gasteiger partial charge in [-0.3, -0.25) is 29.1 Å². The summed E-state index contributed by atoms with van der Waals surface area (Å²) in [6.45, 7) is 10.2. The zero-order valence-electron chi connectivity index (χ0n) is 35.1. The van der Waals surface area contributed by atoms with Gasteiger partial charge in [-0.25, -0.2) is 35.1 Å². The molecule has 6 N–H and O–H groups in total. The van der Waals surface area contributed by atoms with Gasteiger partial charge in [-0.05, 0) is 78.9 Å². The molecular formula is C46H42F8N6O4. The van der Waals surface area contributed by atoms with Gasteiger partial charge in [0.25, 0.3) is 0 Å². The summed E-state index contributed by atoms with van der Waals surface area (Å²) in [5.41, 5.74) is 9.03. The summed E-state index contributed by atoms with van der Waals surface area (Å²) in [5, 5.41) is 4.99. The Bertz CT molecular complexity index is 2620. The number of nitrogens with one attached hydrogen (secondary N) is 2. The number of halogens is 8. The second-order valence-corrected chi connectivity index (χ2v) is 15.5. The van der Waals surface area contributed by atoms with E-state index in [4.69, 9.17) is 11.5 Å². The monoisotopic (exact) mass is 894 g/mol. The number of hydrogen-bond acceptors (Lipinski definition) is 8. The van der Waals surface area contributed by atoms with E-state index < -0.39 is 86.0 Å². The summed E-state index contributed by atoms with van der Waals surface area (Å²) in [6, 6.07) is 16.2. The average Bonchev–Trinajstić information content (AvgIpc) is 3.24. The molecule has 0 atom stereocenters. The number of nitrogens with zero attached hydrogens (tertiary/aromatic N) is 2. The number of nitrogen functional groups attached to an aromatic ring is 2. The number of carbonyl (C=O) groups is 4. The van der Waals surface area contributed by atoms with E-state index in [0.29, 0.717) is 0 Å². The van der Waals surface area contributed by atoms with E-state index in [-0.39, 0.29) is 39.8 Å². The highest BCUT2D eigenvalue weighted by atomic mass is 19.2. The molecule has 0 spiro atoms. The quantitative estimate of drug-likeness (QED) is 0.0727. The molecule has 6 rings (SSSR count). The number of carbonyl (C=O) groups excluding carboxylic acids is 4. The maximum atomic E-state index is 14.2. The molecule has 0 aliphatic heterocycles. The molecule has 0 fully saturated rings. The normalized spacial score (nSPS) is 10.7. The molecule has 2 heterocycles. The number of ketones is 2. The van der Waals surface area contributed by atoms with Gasteiger partial charge in [0.1, 0.15) is 0 Å². The Labute approximate surface area is 362 Å². The van der Waals surface area contributed by atoms with Crippen LogP contribution >= 0.6 is 0 Å². The van der Waals surface area contributed by atoms with Gasteiger partial charge in [0.05, 0.1) is 16.8 Å². The third-order valence-electron chi connectivity index (χ3n) is 8.29. The minimum absolute atomic E-state index is 0.0642. The summed E-state index contributed by atoms with van der Waals surface area (Å²) in [7, 11) is 0. The first-order valence-corrected chi connectivity index (χ1v) is 18.7. The summed E-state index contributed by atoms with van der Waals surface area (Å²) in [4.78, 5) is 55.5. The summed E-state index contributed by atoms with van der Waals surface area (Å²) < 4.78 is 104. The molecule has 64 heavy (non-hydrogen) atoms. The maximum Gasteiger partial charge on any atom is 0.229 e. The highest BCUT2D eigenvalue weighted by Crippen LogP contribution is 2.27. The van der Waals surface area contributed by atoms with Crippen molar-refractivity contribution in [1.82, 2.24) is 9.97 Å². The lowest BCUT2D eigenvalue weighted by atomic mass is 9.94. The van der Waals surface area contributed by atoms with E-state index in [1.165, 1.54) is 67.3 Å². The number of rotatable bonds is 6. The van der Waals surface area contributed by atoms with Gasteiger partial charge in [-0.15, -0.1) is 0 Å². The lowest BCUT2D eigenvalue weighted by Crippen LogP contribution is -2.28. The van der Waals surface area contributed by atoms with E-state index in [2.05, 4.69) is 20.6 Å². The Morgan fingerprint density at radius 3 is 1.33 bits per heavy atom. The van der Waals surface area contributed by atoms with Crippen LogP contribution in [0.4, 0.5) is 57.9 Å². The van der Waals surface area contributed by atoms with Crippen LogP contribution in [-0.4, -0.2) is 33.3 Å². The van der Waals surface area contributed by atoms with Crippen molar-refractivity contribution in [2.24, 2.45) is 10.8 Å². The molecule has 0 aliphatic rings. The van der Waals surface area contributed by atoms with Crippen LogP contribution < -0.4 is 22.1 Å². The molecular weight excluding hydrogens is 853 g/mol. The van der Waals surface area contributed by atoms with Crippen LogP contribution in [0.5, 0.6) is 0 Å². The third kappa shape index (κ3) is 14.3. The van der Waals surface area contributed by atoms with Gasteiger partial charge in [-0.2, -0.15) is 0 Å². The SMILES string of the molecule is CC(C)(C)C(=O)Nc1ccc(F)c(F)c1.CC(C)(C)C(=O)Nc1ccc(F)c(F)c1C(=O)c1ccncc1.Nc1ccc(F)c(F)c1.Nc1ccc(F)c(F)c1C(=O)c1ccncc1. The fraction of sp³-hybridized carbons (Fsp3) is 0.174. The molecule has 2 aromatic heterocycles. The Kier molecular flexibility index (Phi) is 17.5. The first-order valence-electron chi connectivity index (χ1n) is 18.7. The van der Waals surface area contributed by atoms with Gasteiger partial charge in [-0.1, -0.05) is 41.5 Å². The molecule has 0 radical (unpaired) electrons. The molecule has 0 unspecified atom stereocenters. The summed E-state index contributed by atoms with van der Waals surface area (Å²) in [5.74, 6) is -10.5. The van der Waals surface area contributed by atoms with Crippen LogP contribution in [0.25, 0.3) is 0 Å². The number of hydrogen-bond donors (Lipinski definition) is 4. The zero-order chi connectivity index (χ0) is 48.1. The van der Waals surface area contributed by atoms with Crippen LogP contribution in [0.15, 0.2) is 110 Å². The Hall–Kier alpha value is -7.50. The second kappa shape index (κ2) is 22.0. The third-order valence-corrected chi connectivity index (χ3v) is 8.29. The van der Waals surface area contributed by atoms with Crippen LogP contribution in [0, 0.1) is 57.4 Å². The van der Waals surface area contributed by atoms with Gasteiger partial charge in [0.15, 0.2) is 58.1 Å². The summed E-state index contributed by atoms with van der Waals surface area (Å²) in [6.07, 6.45) is 5.52. The van der Waals surface area contributed by atoms with Crippen molar-refractivity contribution < 1.29 is 54.3 Å². The van der Waals surface area contributed by atoms with Gasteiger partial charge in [0, 0.05) is 69.9 Å². The molecule has 0 aliphatic carbocycles. The zero-order valence-corrected chi connectivity index (χ0v) is 35.1. The van der Waals surface area contributed by atoms with Crippen molar-refractivity contribution >= 4 is 46.1 Å². The van der Waals surface area contributed by atoms with Crippen molar-refractivity contribution in [3.05, 3.63) is 179 Å². The largest absolute Gasteiger partial charge is 0.399 e. The fourth-order valence-corrected chi connectivity index (χ4v) is 4.68. The van der Waals surface area contributed by atoms with E-state index >= 15 is 0 Å². The molecule has 4 aromatic carbocycles. The van der Waals surface area contributed by atoms with E-state index in [0.717, 1.165) is 42.5 Å². The molecule has 336 valence electrons. The Morgan fingerprint density at radius 2 is 0.875 bits per heavy atom. The van der Waals surface area contributed by atoms with Crippen molar-refractivity contribution in [1.29, 1.82) is 0 Å². The van der Waals surface area contributed by atoms with Gasteiger partial charge >= 0.3 is 0 Å². The van der Waals surface area contributed by atoms with E-state index in [1.54, 1.807) is 41.5 Å². The van der Waals surface area contributed by atoms with Crippen molar-refractivity contribution in [2.45, 2.75) is 41.5 Å². The molecule has 2 amide bonds. The fourth-order valence-electron chi connectivity index (χ4n) is 4.68. The molecule has 18 heteroatoms. The standard InChI is InChI=1S/C17H16F2N2O2.C12H8F2N2O.C11H13F2NO.C6H5F2N/c1-17(2,3)16(23)21-12-5-4-11(18)14(19)13(12)15(22)10-6-8-20-9-7-10;13-8-1-2-9(15)10(11(8)14)12(17)7-3-5-16-6-4-7;1-11(2,3)10(15)14-7-4-5-8(12)9(13)6-7;7-5-2-1-4(9)3-6(5)8/h4-9H,1-3H3,(H,21,23);1-6H,15H2;4-6H,1-3H3,(H,14,15);1-3H,9H2. The van der Waals surface area contributed by atoms with Crippen molar-refractivity contribution in [2.75, 3.05) is 22.1 Å². The molecule has 0 bridgehead atoms. The van der Waals surface area contributed by atoms with Crippen LogP contribution in [0.3, 0.4) is 0 Å². The van der Waals surface area contributed by atoms with Crippen molar-refractivity contribution in [3.8, 4) is 0 Å². The lowest BCUT2D eigenvalue weighted by Gasteiger charge is -2.19. The predicted molar refractivity (Wildman–Crippen MR) is 226 cm³/mol. The minimum atomic E-state index is -1.29. The highest BCUT2D eigenvalue weighted by Gasteiger charge is 2.27. The number of nitrogens with two attached hydrogens (primary N) is 2. The van der Waals surface area contributed by atoms with Gasteiger partial charge < -0.3 is 22.1 Å². The number of benzene rings is 4. The van der Waals surface area contributed by atoms with Crippen LogP contribution in [0.2, 0.25) is 0 Å².